The smallest absolute Gasteiger partial charge is 0.0810 e. The Balaban J connectivity index is 2.13. The molecule has 1 aromatic rings. The molecule has 0 radical (unpaired) electrons. The van der Waals surface area contributed by atoms with Crippen LogP contribution in [0.1, 0.15) is 44.8 Å². The maximum absolute atomic E-state index is 6.40. The van der Waals surface area contributed by atoms with E-state index in [-0.39, 0.29) is 11.6 Å². The van der Waals surface area contributed by atoms with Crippen molar-refractivity contribution in [2.75, 3.05) is 13.1 Å². The highest BCUT2D eigenvalue weighted by molar-refractivity contribution is 5.11. The molecule has 2 N–H and O–H groups in total. The van der Waals surface area contributed by atoms with E-state index in [1.54, 1.807) is 0 Å². The summed E-state index contributed by atoms with van der Waals surface area (Å²) in [5.74, 6) is 0. The summed E-state index contributed by atoms with van der Waals surface area (Å²) in [6.45, 7) is 6.79. The number of aryl methyl sites for hydroxylation is 1. The lowest BCUT2D eigenvalue weighted by Gasteiger charge is -2.44. The van der Waals surface area contributed by atoms with Crippen LogP contribution in [0.5, 0.6) is 0 Å². The lowest BCUT2D eigenvalue weighted by molar-refractivity contribution is 0.0717. The molecule has 17 heavy (non-hydrogen) atoms. The third kappa shape index (κ3) is 2.53. The molecular weight excluding hydrogens is 212 g/mol. The summed E-state index contributed by atoms with van der Waals surface area (Å²) < 4.78 is 1.82. The first kappa shape index (κ1) is 12.6. The molecule has 0 aromatic carbocycles. The number of nitrogens with two attached hydrogens (primary N) is 1. The third-order valence-electron chi connectivity index (χ3n) is 3.99. The van der Waals surface area contributed by atoms with Crippen molar-refractivity contribution in [2.24, 2.45) is 12.8 Å². The zero-order valence-corrected chi connectivity index (χ0v) is 11.2. The Morgan fingerprint density at radius 3 is 2.47 bits per heavy atom. The summed E-state index contributed by atoms with van der Waals surface area (Å²) in [5, 5.41) is 4.44. The van der Waals surface area contributed by atoms with Crippen LogP contribution >= 0.6 is 0 Å². The van der Waals surface area contributed by atoms with Crippen LogP contribution in [0.3, 0.4) is 0 Å². The van der Waals surface area contributed by atoms with Crippen LogP contribution in [0, 0.1) is 0 Å². The van der Waals surface area contributed by atoms with Gasteiger partial charge in [-0.15, -0.1) is 0 Å². The molecule has 96 valence electrons. The quantitative estimate of drug-likeness (QED) is 0.868. The highest BCUT2D eigenvalue weighted by Crippen LogP contribution is 2.30. The van der Waals surface area contributed by atoms with Gasteiger partial charge in [0, 0.05) is 18.8 Å². The van der Waals surface area contributed by atoms with E-state index < -0.39 is 0 Å². The molecule has 2 rings (SSSR count). The first-order valence-electron chi connectivity index (χ1n) is 6.52. The zero-order chi connectivity index (χ0) is 12.5. The predicted octanol–water partition coefficient (Wildman–Crippen LogP) is 1.68. The topological polar surface area (TPSA) is 47.1 Å². The molecule has 4 heteroatoms. The molecule has 1 unspecified atom stereocenters. The van der Waals surface area contributed by atoms with Gasteiger partial charge in [-0.3, -0.25) is 9.58 Å². The van der Waals surface area contributed by atoms with Crippen molar-refractivity contribution in [3.63, 3.8) is 0 Å². The second-order valence-electron chi connectivity index (χ2n) is 5.59. The average Bonchev–Trinajstić information content (AvgIpc) is 2.76. The highest BCUT2D eigenvalue weighted by Gasteiger charge is 2.35. The maximum atomic E-state index is 6.40. The maximum Gasteiger partial charge on any atom is 0.0810 e. The van der Waals surface area contributed by atoms with E-state index in [4.69, 9.17) is 5.73 Å². The summed E-state index contributed by atoms with van der Waals surface area (Å²) >= 11 is 0. The van der Waals surface area contributed by atoms with Crippen LogP contribution in [-0.4, -0.2) is 33.3 Å². The van der Waals surface area contributed by atoms with E-state index in [2.05, 4.69) is 23.8 Å². The van der Waals surface area contributed by atoms with Crippen molar-refractivity contribution in [3.05, 3.63) is 18.0 Å². The SMILES string of the molecule is Cn1ccc(C(N)C(C)(C)N2CCCCC2)n1. The van der Waals surface area contributed by atoms with E-state index in [1.807, 2.05) is 24.0 Å². The molecule has 0 spiro atoms. The molecule has 1 aliphatic rings. The molecular formula is C13H24N4. The lowest BCUT2D eigenvalue weighted by Crippen LogP contribution is -2.53. The van der Waals surface area contributed by atoms with E-state index in [9.17, 15) is 0 Å². The first-order chi connectivity index (χ1) is 8.01. The van der Waals surface area contributed by atoms with Gasteiger partial charge in [-0.1, -0.05) is 6.42 Å². The Bertz CT molecular complexity index is 363. The summed E-state index contributed by atoms with van der Waals surface area (Å²) in [6, 6.07) is 2.00. The van der Waals surface area contributed by atoms with Crippen molar-refractivity contribution >= 4 is 0 Å². The first-order valence-corrected chi connectivity index (χ1v) is 6.52. The summed E-state index contributed by atoms with van der Waals surface area (Å²) in [6.07, 6.45) is 5.89. The summed E-state index contributed by atoms with van der Waals surface area (Å²) in [4.78, 5) is 2.51. The largest absolute Gasteiger partial charge is 0.321 e. The van der Waals surface area contributed by atoms with Crippen LogP contribution in [0.2, 0.25) is 0 Å². The second-order valence-corrected chi connectivity index (χ2v) is 5.59. The fourth-order valence-corrected chi connectivity index (χ4v) is 2.63. The normalized spacial score (nSPS) is 20.5. The number of aromatic nitrogens is 2. The molecule has 1 saturated heterocycles. The Morgan fingerprint density at radius 2 is 1.94 bits per heavy atom. The van der Waals surface area contributed by atoms with Crippen molar-refractivity contribution in [1.82, 2.24) is 14.7 Å². The number of likely N-dealkylation sites (tertiary alicyclic amines) is 1. The monoisotopic (exact) mass is 236 g/mol. The van der Waals surface area contributed by atoms with Gasteiger partial charge in [0.2, 0.25) is 0 Å². The molecule has 1 aliphatic heterocycles. The number of rotatable bonds is 3. The van der Waals surface area contributed by atoms with Crippen LogP contribution in [0.4, 0.5) is 0 Å². The fourth-order valence-electron chi connectivity index (χ4n) is 2.63. The number of hydrogen-bond acceptors (Lipinski definition) is 3. The van der Waals surface area contributed by atoms with E-state index >= 15 is 0 Å². The van der Waals surface area contributed by atoms with Crippen molar-refractivity contribution in [2.45, 2.75) is 44.7 Å². The predicted molar refractivity (Wildman–Crippen MR) is 69.6 cm³/mol. The Labute approximate surface area is 104 Å². The molecule has 2 heterocycles. The van der Waals surface area contributed by atoms with E-state index in [1.165, 1.54) is 19.3 Å². The van der Waals surface area contributed by atoms with Crippen LogP contribution in [-0.2, 0) is 7.05 Å². The standard InChI is InChI=1S/C13H24N4/c1-13(2,17-8-5-4-6-9-17)12(14)11-7-10-16(3)15-11/h7,10,12H,4-6,8-9,14H2,1-3H3. The van der Waals surface area contributed by atoms with Gasteiger partial charge < -0.3 is 5.73 Å². The van der Waals surface area contributed by atoms with Gasteiger partial charge in [0.15, 0.2) is 0 Å². The summed E-state index contributed by atoms with van der Waals surface area (Å²) in [7, 11) is 1.93. The highest BCUT2D eigenvalue weighted by atomic mass is 15.3. The summed E-state index contributed by atoms with van der Waals surface area (Å²) in [5.41, 5.74) is 7.37. The minimum absolute atomic E-state index is 0.0191. The van der Waals surface area contributed by atoms with Crippen LogP contribution < -0.4 is 5.73 Å². The van der Waals surface area contributed by atoms with Gasteiger partial charge >= 0.3 is 0 Å². The Morgan fingerprint density at radius 1 is 1.29 bits per heavy atom. The molecule has 0 aliphatic carbocycles. The van der Waals surface area contributed by atoms with Crippen LogP contribution in [0.25, 0.3) is 0 Å². The van der Waals surface area contributed by atoms with Gasteiger partial charge in [0.25, 0.3) is 0 Å². The Kier molecular flexibility index (Phi) is 3.54. The molecule has 1 aromatic heterocycles. The number of piperidine rings is 1. The molecule has 4 nitrogen and oxygen atoms in total. The van der Waals surface area contributed by atoms with Gasteiger partial charge in [0.05, 0.1) is 11.7 Å². The average molecular weight is 236 g/mol. The third-order valence-corrected chi connectivity index (χ3v) is 3.99. The molecule has 0 amide bonds. The van der Waals surface area contributed by atoms with Gasteiger partial charge in [-0.25, -0.2) is 0 Å². The minimum atomic E-state index is -0.0261. The van der Waals surface area contributed by atoms with Crippen molar-refractivity contribution < 1.29 is 0 Å². The zero-order valence-electron chi connectivity index (χ0n) is 11.2. The van der Waals surface area contributed by atoms with Crippen LogP contribution in [0.15, 0.2) is 12.3 Å². The van der Waals surface area contributed by atoms with E-state index in [0.29, 0.717) is 0 Å². The van der Waals surface area contributed by atoms with Gasteiger partial charge in [-0.05, 0) is 45.8 Å². The fraction of sp³-hybridized carbons (Fsp3) is 0.769. The van der Waals surface area contributed by atoms with Gasteiger partial charge in [0.1, 0.15) is 0 Å². The number of hydrogen-bond donors (Lipinski definition) is 1. The van der Waals surface area contributed by atoms with Crippen molar-refractivity contribution in [3.8, 4) is 0 Å². The molecule has 0 saturated carbocycles. The second kappa shape index (κ2) is 4.78. The molecule has 1 atom stereocenters. The number of nitrogens with zero attached hydrogens (tertiary/aromatic N) is 3. The lowest BCUT2D eigenvalue weighted by atomic mass is 9.89. The van der Waals surface area contributed by atoms with Gasteiger partial charge in [-0.2, -0.15) is 5.10 Å². The molecule has 0 bridgehead atoms. The van der Waals surface area contributed by atoms with E-state index in [0.717, 1.165) is 18.8 Å². The van der Waals surface area contributed by atoms with Crippen molar-refractivity contribution in [1.29, 1.82) is 0 Å². The minimum Gasteiger partial charge on any atom is -0.321 e. The Hall–Kier alpha value is -0.870. The molecule has 1 fully saturated rings.